The van der Waals surface area contributed by atoms with Crippen molar-refractivity contribution in [2.75, 3.05) is 26.2 Å². The molecule has 0 amide bonds. The molecule has 90 valence electrons. The molecule has 4 nitrogen and oxygen atoms in total. The first-order chi connectivity index (χ1) is 8.42. The molecule has 1 aliphatic heterocycles. The van der Waals surface area contributed by atoms with Crippen molar-refractivity contribution in [2.24, 2.45) is 0 Å². The van der Waals surface area contributed by atoms with Gasteiger partial charge in [-0.2, -0.15) is 0 Å². The van der Waals surface area contributed by atoms with Crippen LogP contribution in [0.2, 0.25) is 0 Å². The highest BCUT2D eigenvalue weighted by atomic mass is 32.1. The predicted molar refractivity (Wildman–Crippen MR) is 71.4 cm³/mol. The van der Waals surface area contributed by atoms with E-state index in [0.717, 1.165) is 44.1 Å². The van der Waals surface area contributed by atoms with E-state index in [1.54, 1.807) is 22.7 Å². The summed E-state index contributed by atoms with van der Waals surface area (Å²) in [6.07, 6.45) is 0. The Labute approximate surface area is 108 Å². The summed E-state index contributed by atoms with van der Waals surface area (Å²) in [5.74, 6) is 0. The summed E-state index contributed by atoms with van der Waals surface area (Å²) in [5.41, 5.74) is 3.86. The van der Waals surface area contributed by atoms with Crippen LogP contribution in [0.25, 0.3) is 11.4 Å². The lowest BCUT2D eigenvalue weighted by Crippen LogP contribution is -2.42. The van der Waals surface area contributed by atoms with Crippen LogP contribution in [0.4, 0.5) is 0 Å². The van der Waals surface area contributed by atoms with E-state index in [1.807, 2.05) is 10.9 Å². The van der Waals surface area contributed by atoms with Gasteiger partial charge in [-0.1, -0.05) is 0 Å². The van der Waals surface area contributed by atoms with Gasteiger partial charge in [-0.05, 0) is 0 Å². The molecule has 0 spiro atoms. The Kier molecular flexibility index (Phi) is 3.46. The highest BCUT2D eigenvalue weighted by Gasteiger charge is 2.12. The van der Waals surface area contributed by atoms with Crippen molar-refractivity contribution in [3.05, 3.63) is 21.3 Å². The Balaban J connectivity index is 1.68. The zero-order valence-corrected chi connectivity index (χ0v) is 11.1. The van der Waals surface area contributed by atoms with E-state index in [1.165, 1.54) is 5.01 Å². The van der Waals surface area contributed by atoms with Gasteiger partial charge in [-0.25, -0.2) is 9.97 Å². The van der Waals surface area contributed by atoms with Crippen molar-refractivity contribution in [3.63, 3.8) is 0 Å². The Hall–Kier alpha value is -0.820. The zero-order chi connectivity index (χ0) is 11.5. The van der Waals surface area contributed by atoms with Crippen LogP contribution >= 0.6 is 22.7 Å². The standard InChI is InChI=1S/C11H14N4S2/c1-3-15(4-2-12-1)5-11-14-10(7-17-11)9-6-16-8-13-9/h6-8,12H,1-5H2. The fourth-order valence-corrected chi connectivity index (χ4v) is 3.28. The Morgan fingerprint density at radius 3 is 2.88 bits per heavy atom. The minimum atomic E-state index is 0.969. The topological polar surface area (TPSA) is 41.1 Å². The SMILES string of the molecule is c1nc(-c2csc(CN3CCNCC3)n2)cs1. The lowest BCUT2D eigenvalue weighted by atomic mass is 10.3. The fraction of sp³-hybridized carbons (Fsp3) is 0.455. The maximum Gasteiger partial charge on any atom is 0.107 e. The van der Waals surface area contributed by atoms with Gasteiger partial charge < -0.3 is 5.32 Å². The first-order valence-electron chi connectivity index (χ1n) is 5.68. The van der Waals surface area contributed by atoms with E-state index in [0.29, 0.717) is 0 Å². The van der Waals surface area contributed by atoms with E-state index in [2.05, 4.69) is 25.6 Å². The van der Waals surface area contributed by atoms with E-state index in [9.17, 15) is 0 Å². The van der Waals surface area contributed by atoms with Crippen molar-refractivity contribution in [2.45, 2.75) is 6.54 Å². The van der Waals surface area contributed by atoms with Gasteiger partial charge in [0.1, 0.15) is 16.4 Å². The maximum absolute atomic E-state index is 4.65. The van der Waals surface area contributed by atoms with Crippen molar-refractivity contribution < 1.29 is 0 Å². The number of nitrogens with one attached hydrogen (secondary N) is 1. The summed E-state index contributed by atoms with van der Waals surface area (Å²) in [5, 5.41) is 8.70. The number of hydrogen-bond acceptors (Lipinski definition) is 6. The summed E-state index contributed by atoms with van der Waals surface area (Å²) in [7, 11) is 0. The monoisotopic (exact) mass is 266 g/mol. The van der Waals surface area contributed by atoms with Gasteiger partial charge in [-0.15, -0.1) is 22.7 Å². The average Bonchev–Trinajstić information content (AvgIpc) is 3.00. The van der Waals surface area contributed by atoms with Gasteiger partial charge in [0.2, 0.25) is 0 Å². The molecule has 0 bridgehead atoms. The van der Waals surface area contributed by atoms with Gasteiger partial charge in [-0.3, -0.25) is 4.90 Å². The van der Waals surface area contributed by atoms with Crippen LogP contribution in [-0.2, 0) is 6.54 Å². The minimum Gasteiger partial charge on any atom is -0.314 e. The molecule has 6 heteroatoms. The van der Waals surface area contributed by atoms with Crippen molar-refractivity contribution in [1.82, 2.24) is 20.2 Å². The number of rotatable bonds is 3. The normalized spacial score (nSPS) is 17.4. The smallest absolute Gasteiger partial charge is 0.107 e. The molecule has 17 heavy (non-hydrogen) atoms. The maximum atomic E-state index is 4.65. The van der Waals surface area contributed by atoms with Gasteiger partial charge in [0.15, 0.2) is 0 Å². The van der Waals surface area contributed by atoms with Crippen LogP contribution in [-0.4, -0.2) is 41.0 Å². The molecule has 1 N–H and O–H groups in total. The molecular weight excluding hydrogens is 252 g/mol. The van der Waals surface area contributed by atoms with Crippen LogP contribution in [0.5, 0.6) is 0 Å². The van der Waals surface area contributed by atoms with Crippen LogP contribution in [0.3, 0.4) is 0 Å². The highest BCUT2D eigenvalue weighted by molar-refractivity contribution is 7.10. The molecule has 3 rings (SSSR count). The van der Waals surface area contributed by atoms with Gasteiger partial charge in [0, 0.05) is 36.9 Å². The molecular formula is C11H14N4S2. The molecule has 0 atom stereocenters. The number of aromatic nitrogens is 2. The molecule has 0 aromatic carbocycles. The third kappa shape index (κ3) is 2.71. The second-order valence-electron chi connectivity index (χ2n) is 4.03. The lowest BCUT2D eigenvalue weighted by Gasteiger charge is -2.26. The van der Waals surface area contributed by atoms with Crippen LogP contribution in [0.1, 0.15) is 5.01 Å². The lowest BCUT2D eigenvalue weighted by molar-refractivity contribution is 0.233. The van der Waals surface area contributed by atoms with Crippen molar-refractivity contribution in [3.8, 4) is 11.4 Å². The summed E-state index contributed by atoms with van der Waals surface area (Å²) in [4.78, 5) is 11.4. The number of thiazole rings is 2. The Morgan fingerprint density at radius 1 is 1.24 bits per heavy atom. The fourth-order valence-electron chi connectivity index (χ4n) is 1.90. The summed E-state index contributed by atoms with van der Waals surface area (Å²) in [6.45, 7) is 5.38. The molecule has 0 unspecified atom stereocenters. The molecule has 3 heterocycles. The van der Waals surface area contributed by atoms with Crippen LogP contribution < -0.4 is 5.32 Å². The first-order valence-corrected chi connectivity index (χ1v) is 7.50. The molecule has 2 aromatic rings. The third-order valence-corrected chi connectivity index (χ3v) is 4.24. The first kappa shape index (κ1) is 11.3. The van der Waals surface area contributed by atoms with E-state index >= 15 is 0 Å². The van der Waals surface area contributed by atoms with Crippen LogP contribution in [0, 0.1) is 0 Å². The Bertz CT molecular complexity index is 460. The molecule has 0 aliphatic carbocycles. The highest BCUT2D eigenvalue weighted by Crippen LogP contribution is 2.22. The van der Waals surface area contributed by atoms with E-state index < -0.39 is 0 Å². The van der Waals surface area contributed by atoms with Gasteiger partial charge >= 0.3 is 0 Å². The summed E-state index contributed by atoms with van der Waals surface area (Å²) < 4.78 is 0. The van der Waals surface area contributed by atoms with Gasteiger partial charge in [0.25, 0.3) is 0 Å². The summed E-state index contributed by atoms with van der Waals surface area (Å²) in [6, 6.07) is 0. The molecule has 0 radical (unpaired) electrons. The molecule has 0 saturated carbocycles. The number of nitrogens with zero attached hydrogens (tertiary/aromatic N) is 3. The van der Waals surface area contributed by atoms with Crippen LogP contribution in [0.15, 0.2) is 16.3 Å². The van der Waals surface area contributed by atoms with Crippen molar-refractivity contribution >= 4 is 22.7 Å². The van der Waals surface area contributed by atoms with E-state index in [4.69, 9.17) is 0 Å². The predicted octanol–water partition coefficient (Wildman–Crippen LogP) is 1.67. The second kappa shape index (κ2) is 5.22. The number of piperazine rings is 1. The second-order valence-corrected chi connectivity index (χ2v) is 5.69. The van der Waals surface area contributed by atoms with Gasteiger partial charge in [0.05, 0.1) is 12.1 Å². The third-order valence-electron chi connectivity index (χ3n) is 2.81. The molecule has 1 fully saturated rings. The Morgan fingerprint density at radius 2 is 2.12 bits per heavy atom. The molecule has 1 saturated heterocycles. The minimum absolute atomic E-state index is 0.969. The summed E-state index contributed by atoms with van der Waals surface area (Å²) >= 11 is 3.35. The quantitative estimate of drug-likeness (QED) is 0.917. The number of hydrogen-bond donors (Lipinski definition) is 1. The average molecular weight is 266 g/mol. The molecule has 2 aromatic heterocycles. The molecule has 1 aliphatic rings. The largest absolute Gasteiger partial charge is 0.314 e. The zero-order valence-electron chi connectivity index (χ0n) is 9.43. The van der Waals surface area contributed by atoms with E-state index in [-0.39, 0.29) is 0 Å². The van der Waals surface area contributed by atoms with Crippen molar-refractivity contribution in [1.29, 1.82) is 0 Å².